The first-order valence-electron chi connectivity index (χ1n) is 10.4. The quantitative estimate of drug-likeness (QED) is 0.460. The summed E-state index contributed by atoms with van der Waals surface area (Å²) in [4.78, 5) is 12.3. The van der Waals surface area contributed by atoms with E-state index in [4.69, 9.17) is 0 Å². The van der Waals surface area contributed by atoms with E-state index in [1.54, 1.807) is 10.6 Å². The Morgan fingerprint density at radius 3 is 2.58 bits per heavy atom. The molecule has 0 aliphatic carbocycles. The van der Waals surface area contributed by atoms with E-state index in [0.717, 1.165) is 29.0 Å². The number of carbonyl (C=O) groups excluding carboxylic acids is 1. The summed E-state index contributed by atoms with van der Waals surface area (Å²) in [5, 5.41) is 15.5. The van der Waals surface area contributed by atoms with Gasteiger partial charge in [-0.15, -0.1) is 10.2 Å². The fourth-order valence-electron chi connectivity index (χ4n) is 3.42. The van der Waals surface area contributed by atoms with Crippen molar-refractivity contribution in [1.29, 1.82) is 0 Å². The van der Waals surface area contributed by atoms with E-state index in [1.807, 2.05) is 38.1 Å². The van der Waals surface area contributed by atoms with Crippen LogP contribution in [0.5, 0.6) is 0 Å². The molecule has 1 amide bonds. The lowest BCUT2D eigenvalue weighted by Crippen LogP contribution is -2.23. The van der Waals surface area contributed by atoms with Crippen LogP contribution < -0.4 is 5.32 Å². The Balaban J connectivity index is 1.42. The number of alkyl halides is 3. The first-order valence-corrected chi connectivity index (χ1v) is 10.4. The summed E-state index contributed by atoms with van der Waals surface area (Å²) in [5.41, 5.74) is 4.30. The van der Waals surface area contributed by atoms with Gasteiger partial charge in [0.05, 0.1) is 11.3 Å². The summed E-state index contributed by atoms with van der Waals surface area (Å²) in [7, 11) is 0. The monoisotopic (exact) mass is 453 g/mol. The largest absolute Gasteiger partial charge is 0.416 e. The highest BCUT2D eigenvalue weighted by Gasteiger charge is 2.30. The van der Waals surface area contributed by atoms with Gasteiger partial charge in [-0.05, 0) is 60.9 Å². The molecule has 0 aliphatic rings. The van der Waals surface area contributed by atoms with Gasteiger partial charge in [0.25, 0.3) is 0 Å². The number of aromatic nitrogens is 4. The number of nitrogens with zero attached hydrogens (tertiary/aromatic N) is 4. The van der Waals surface area contributed by atoms with Crippen LogP contribution in [0.3, 0.4) is 0 Å². The molecule has 1 N–H and O–H groups in total. The molecule has 0 atom stereocenters. The summed E-state index contributed by atoms with van der Waals surface area (Å²) in [6.07, 6.45) is -4.02. The van der Waals surface area contributed by atoms with Crippen molar-refractivity contribution in [3.05, 3.63) is 82.7 Å². The Bertz CT molecular complexity index is 1310. The molecule has 0 fully saturated rings. The summed E-state index contributed by atoms with van der Waals surface area (Å²) < 4.78 is 40.1. The third-order valence-corrected chi connectivity index (χ3v) is 5.45. The number of carbonyl (C=O) groups is 1. The van der Waals surface area contributed by atoms with Crippen molar-refractivity contribution < 1.29 is 18.0 Å². The second kappa shape index (κ2) is 9.01. The minimum atomic E-state index is -4.42. The topological polar surface area (TPSA) is 72.2 Å². The number of fused-ring (bicyclic) bond motifs is 1. The van der Waals surface area contributed by atoms with Gasteiger partial charge in [0.15, 0.2) is 11.5 Å². The van der Waals surface area contributed by atoms with Crippen molar-refractivity contribution in [3.8, 4) is 11.3 Å². The van der Waals surface area contributed by atoms with Crippen LogP contribution in [0.4, 0.5) is 13.2 Å². The highest BCUT2D eigenvalue weighted by atomic mass is 19.4. The van der Waals surface area contributed by atoms with Gasteiger partial charge in [0, 0.05) is 24.9 Å². The SMILES string of the molecule is Cc1ccc(-c2ccc3nnc(CCC(=O)NCc4cccc(C(F)(F)F)c4)n3n2)cc1C. The van der Waals surface area contributed by atoms with Crippen LogP contribution in [-0.2, 0) is 23.9 Å². The third-order valence-electron chi connectivity index (χ3n) is 5.45. The molecule has 2 heterocycles. The Morgan fingerprint density at radius 2 is 1.82 bits per heavy atom. The van der Waals surface area contributed by atoms with Gasteiger partial charge < -0.3 is 5.32 Å². The molecule has 0 saturated carbocycles. The lowest BCUT2D eigenvalue weighted by Gasteiger charge is -2.09. The Morgan fingerprint density at radius 1 is 1.00 bits per heavy atom. The number of nitrogens with one attached hydrogen (secondary N) is 1. The molecule has 0 aliphatic heterocycles. The van der Waals surface area contributed by atoms with Crippen LogP contribution in [0.2, 0.25) is 0 Å². The van der Waals surface area contributed by atoms with Gasteiger partial charge in [-0.2, -0.15) is 22.8 Å². The van der Waals surface area contributed by atoms with Crippen molar-refractivity contribution in [3.63, 3.8) is 0 Å². The molecule has 0 saturated heterocycles. The number of hydrogen-bond donors (Lipinski definition) is 1. The predicted octanol–water partition coefficient (Wildman–Crippen LogP) is 4.68. The van der Waals surface area contributed by atoms with Gasteiger partial charge >= 0.3 is 6.18 Å². The minimum Gasteiger partial charge on any atom is -0.352 e. The molecule has 170 valence electrons. The van der Waals surface area contributed by atoms with Crippen LogP contribution in [0, 0.1) is 13.8 Å². The van der Waals surface area contributed by atoms with Crippen LogP contribution in [-0.4, -0.2) is 25.7 Å². The molecule has 4 aromatic rings. The first-order chi connectivity index (χ1) is 15.7. The molecule has 2 aromatic heterocycles. The molecule has 33 heavy (non-hydrogen) atoms. The highest BCUT2D eigenvalue weighted by Crippen LogP contribution is 2.29. The summed E-state index contributed by atoms with van der Waals surface area (Å²) in [6, 6.07) is 14.7. The molecule has 0 bridgehead atoms. The average molecular weight is 453 g/mol. The van der Waals surface area contributed by atoms with Gasteiger partial charge in [-0.3, -0.25) is 4.79 Å². The minimum absolute atomic E-state index is 0.0124. The molecular weight excluding hydrogens is 431 g/mol. The van der Waals surface area contributed by atoms with E-state index in [9.17, 15) is 18.0 Å². The molecule has 2 aromatic carbocycles. The zero-order valence-electron chi connectivity index (χ0n) is 18.1. The smallest absolute Gasteiger partial charge is 0.352 e. The van der Waals surface area contributed by atoms with Crippen LogP contribution >= 0.6 is 0 Å². The normalized spacial score (nSPS) is 11.7. The first kappa shape index (κ1) is 22.4. The van der Waals surface area contributed by atoms with Crippen LogP contribution in [0.15, 0.2) is 54.6 Å². The van der Waals surface area contributed by atoms with E-state index < -0.39 is 11.7 Å². The Hall–Kier alpha value is -3.75. The number of aryl methyl sites for hydroxylation is 3. The summed E-state index contributed by atoms with van der Waals surface area (Å²) in [5.74, 6) is 0.236. The van der Waals surface area contributed by atoms with E-state index in [1.165, 1.54) is 11.6 Å². The van der Waals surface area contributed by atoms with Crippen molar-refractivity contribution in [2.45, 2.75) is 39.4 Å². The summed E-state index contributed by atoms with van der Waals surface area (Å²) in [6.45, 7) is 4.10. The maximum Gasteiger partial charge on any atom is 0.416 e. The standard InChI is InChI=1S/C24H22F3N5O/c1-15-6-7-18(12-16(15)2)20-8-9-21-29-30-22(32(21)31-20)10-11-23(33)28-14-17-4-3-5-19(13-17)24(25,26)27/h3-9,12-13H,10-11,14H2,1-2H3,(H,28,33). The van der Waals surface area contributed by atoms with E-state index in [-0.39, 0.29) is 18.9 Å². The second-order valence-corrected chi connectivity index (χ2v) is 7.88. The highest BCUT2D eigenvalue weighted by molar-refractivity contribution is 5.76. The van der Waals surface area contributed by atoms with E-state index in [2.05, 4.69) is 26.7 Å². The van der Waals surface area contributed by atoms with E-state index >= 15 is 0 Å². The third kappa shape index (κ3) is 5.19. The zero-order chi connectivity index (χ0) is 23.6. The lowest BCUT2D eigenvalue weighted by molar-refractivity contribution is -0.137. The number of amides is 1. The molecule has 9 heteroatoms. The molecule has 4 rings (SSSR count). The molecule has 6 nitrogen and oxygen atoms in total. The zero-order valence-corrected chi connectivity index (χ0v) is 18.1. The number of benzene rings is 2. The van der Waals surface area contributed by atoms with Crippen LogP contribution in [0.1, 0.15) is 34.5 Å². The number of hydrogen-bond acceptors (Lipinski definition) is 4. The van der Waals surface area contributed by atoms with Crippen molar-refractivity contribution in [2.24, 2.45) is 0 Å². The number of rotatable bonds is 6. The predicted molar refractivity (Wildman–Crippen MR) is 117 cm³/mol. The van der Waals surface area contributed by atoms with Gasteiger partial charge in [0.1, 0.15) is 0 Å². The van der Waals surface area contributed by atoms with Crippen LogP contribution in [0.25, 0.3) is 16.9 Å². The fraction of sp³-hybridized carbons (Fsp3) is 0.250. The molecular formula is C24H22F3N5O. The lowest BCUT2D eigenvalue weighted by atomic mass is 10.0. The molecule has 0 radical (unpaired) electrons. The van der Waals surface area contributed by atoms with Crippen molar-refractivity contribution in [1.82, 2.24) is 25.1 Å². The maximum absolute atomic E-state index is 12.8. The van der Waals surface area contributed by atoms with Gasteiger partial charge in [-0.1, -0.05) is 24.3 Å². The molecule has 0 unspecified atom stereocenters. The summed E-state index contributed by atoms with van der Waals surface area (Å²) >= 11 is 0. The Labute approximate surface area is 188 Å². The second-order valence-electron chi connectivity index (χ2n) is 7.88. The number of halogens is 3. The molecule has 0 spiro atoms. The van der Waals surface area contributed by atoms with Gasteiger partial charge in [-0.25, -0.2) is 0 Å². The fourth-order valence-corrected chi connectivity index (χ4v) is 3.42. The average Bonchev–Trinajstić information content (AvgIpc) is 3.20. The van der Waals surface area contributed by atoms with Gasteiger partial charge in [0.2, 0.25) is 5.91 Å². The van der Waals surface area contributed by atoms with Crippen molar-refractivity contribution in [2.75, 3.05) is 0 Å². The van der Waals surface area contributed by atoms with E-state index in [0.29, 0.717) is 23.5 Å². The maximum atomic E-state index is 12.8. The van der Waals surface area contributed by atoms with Crippen molar-refractivity contribution >= 4 is 11.6 Å². The Kier molecular flexibility index (Phi) is 6.13.